The lowest BCUT2D eigenvalue weighted by Crippen LogP contribution is -2.09. The van der Waals surface area contributed by atoms with Gasteiger partial charge >= 0.3 is 6.18 Å². The van der Waals surface area contributed by atoms with Crippen LogP contribution in [-0.4, -0.2) is 16.7 Å². The Kier molecular flexibility index (Phi) is 3.34. The van der Waals surface area contributed by atoms with Crippen LogP contribution < -0.4 is 0 Å². The maximum atomic E-state index is 12.2. The third-order valence-corrected chi connectivity index (χ3v) is 1.74. The van der Waals surface area contributed by atoms with Crippen LogP contribution in [-0.2, 0) is 12.6 Å². The predicted octanol–water partition coefficient (Wildman–Crippen LogP) is 2.29. The highest BCUT2D eigenvalue weighted by Crippen LogP contribution is 2.29. The zero-order valence-electron chi connectivity index (χ0n) is 6.98. The molecule has 0 aliphatic rings. The van der Waals surface area contributed by atoms with Crippen molar-refractivity contribution in [2.75, 3.05) is 6.61 Å². The summed E-state index contributed by atoms with van der Waals surface area (Å²) in [5.74, 6) is 0. The first-order valence-electron chi connectivity index (χ1n) is 3.78. The summed E-state index contributed by atoms with van der Waals surface area (Å²) in [6, 6.07) is 2.18. The van der Waals surface area contributed by atoms with Gasteiger partial charge in [-0.05, 0) is 24.1 Å². The lowest BCUT2D eigenvalue weighted by atomic mass is 10.2. The predicted molar refractivity (Wildman–Crippen MR) is 45.0 cm³/mol. The molecule has 1 heterocycles. The second-order valence-electron chi connectivity index (χ2n) is 2.65. The van der Waals surface area contributed by atoms with Gasteiger partial charge in [0.25, 0.3) is 0 Å². The Bertz CT molecular complexity index is 327. The van der Waals surface area contributed by atoms with Crippen molar-refractivity contribution in [3.63, 3.8) is 0 Å². The molecule has 0 saturated carbocycles. The minimum absolute atomic E-state index is 0.130. The normalized spacial score (nSPS) is 11.8. The van der Waals surface area contributed by atoms with Gasteiger partial charge < -0.3 is 5.11 Å². The van der Waals surface area contributed by atoms with E-state index in [-0.39, 0.29) is 18.2 Å². The van der Waals surface area contributed by atoms with E-state index in [4.69, 9.17) is 16.7 Å². The van der Waals surface area contributed by atoms with Gasteiger partial charge in [-0.3, -0.25) is 0 Å². The smallest absolute Gasteiger partial charge is 0.396 e. The van der Waals surface area contributed by atoms with Crippen molar-refractivity contribution < 1.29 is 18.3 Å². The van der Waals surface area contributed by atoms with E-state index in [1.54, 1.807) is 0 Å². The second kappa shape index (κ2) is 4.14. The third kappa shape index (κ3) is 2.85. The Morgan fingerprint density at radius 1 is 1.36 bits per heavy atom. The fourth-order valence-corrected chi connectivity index (χ4v) is 1.20. The monoisotopic (exact) mass is 225 g/mol. The van der Waals surface area contributed by atoms with E-state index in [0.29, 0.717) is 5.56 Å². The van der Waals surface area contributed by atoms with E-state index in [2.05, 4.69) is 4.98 Å². The Morgan fingerprint density at radius 3 is 2.50 bits per heavy atom. The molecule has 0 unspecified atom stereocenters. The highest BCUT2D eigenvalue weighted by atomic mass is 35.5. The maximum absolute atomic E-state index is 12.2. The molecular weight excluding hydrogens is 219 g/mol. The summed E-state index contributed by atoms with van der Waals surface area (Å²) in [4.78, 5) is 3.15. The van der Waals surface area contributed by atoms with Crippen LogP contribution in [0.2, 0.25) is 5.15 Å². The van der Waals surface area contributed by atoms with E-state index in [1.165, 1.54) is 6.07 Å². The largest absolute Gasteiger partial charge is 0.433 e. The van der Waals surface area contributed by atoms with Crippen molar-refractivity contribution in [3.8, 4) is 0 Å². The van der Waals surface area contributed by atoms with Crippen LogP contribution in [0.25, 0.3) is 0 Å². The van der Waals surface area contributed by atoms with Crippen LogP contribution in [0, 0.1) is 0 Å². The quantitative estimate of drug-likeness (QED) is 0.784. The molecule has 0 aromatic carbocycles. The average Bonchev–Trinajstić information content (AvgIpc) is 2.02. The molecule has 0 saturated heterocycles. The highest BCUT2D eigenvalue weighted by molar-refractivity contribution is 6.29. The molecule has 2 nitrogen and oxygen atoms in total. The number of hydrogen-bond donors (Lipinski definition) is 1. The molecule has 0 aliphatic carbocycles. The first kappa shape index (κ1) is 11.3. The molecule has 0 bridgehead atoms. The van der Waals surface area contributed by atoms with Crippen molar-refractivity contribution >= 4 is 11.6 Å². The van der Waals surface area contributed by atoms with E-state index in [9.17, 15) is 13.2 Å². The van der Waals surface area contributed by atoms with Crippen LogP contribution in [0.3, 0.4) is 0 Å². The lowest BCUT2D eigenvalue weighted by Gasteiger charge is -2.07. The van der Waals surface area contributed by atoms with Crippen molar-refractivity contribution in [1.82, 2.24) is 4.98 Å². The Hall–Kier alpha value is -0.810. The summed E-state index contributed by atoms with van der Waals surface area (Å²) in [5.41, 5.74) is -0.715. The fourth-order valence-electron chi connectivity index (χ4n) is 0.969. The van der Waals surface area contributed by atoms with Gasteiger partial charge in [-0.2, -0.15) is 13.2 Å². The molecule has 6 heteroatoms. The van der Waals surface area contributed by atoms with Gasteiger partial charge in [-0.15, -0.1) is 0 Å². The number of nitrogens with zero attached hydrogens (tertiary/aromatic N) is 1. The summed E-state index contributed by atoms with van der Waals surface area (Å²) in [7, 11) is 0. The van der Waals surface area contributed by atoms with Crippen LogP contribution in [0.15, 0.2) is 12.1 Å². The first-order valence-corrected chi connectivity index (χ1v) is 4.16. The Labute approximate surface area is 83.3 Å². The SMILES string of the molecule is OCCc1cc(Cl)nc(C(F)(F)F)c1. The average molecular weight is 226 g/mol. The lowest BCUT2D eigenvalue weighted by molar-refractivity contribution is -0.141. The summed E-state index contributed by atoms with van der Waals surface area (Å²) >= 11 is 5.40. The van der Waals surface area contributed by atoms with Gasteiger partial charge in [0.15, 0.2) is 0 Å². The number of pyridine rings is 1. The van der Waals surface area contributed by atoms with Crippen LogP contribution in [0.5, 0.6) is 0 Å². The molecule has 0 amide bonds. The summed E-state index contributed by atoms with van der Waals surface area (Å²) < 4.78 is 36.6. The van der Waals surface area contributed by atoms with Gasteiger partial charge in [0.1, 0.15) is 10.8 Å². The Balaban J connectivity index is 3.07. The molecule has 0 atom stereocenters. The molecule has 0 fully saturated rings. The molecule has 1 rings (SSSR count). The van der Waals surface area contributed by atoms with Gasteiger partial charge in [0.05, 0.1) is 0 Å². The minimum atomic E-state index is -4.50. The number of alkyl halides is 3. The maximum Gasteiger partial charge on any atom is 0.433 e. The molecule has 1 aromatic rings. The van der Waals surface area contributed by atoms with Crippen LogP contribution >= 0.6 is 11.6 Å². The molecule has 1 N–H and O–H groups in total. The molecule has 0 radical (unpaired) electrons. The number of rotatable bonds is 2. The van der Waals surface area contributed by atoms with Crippen molar-refractivity contribution in [3.05, 3.63) is 28.5 Å². The summed E-state index contributed by atoms with van der Waals surface area (Å²) in [6.07, 6.45) is -4.37. The number of aliphatic hydroxyl groups excluding tert-OH is 1. The van der Waals surface area contributed by atoms with Crippen LogP contribution in [0.4, 0.5) is 13.2 Å². The summed E-state index contributed by atoms with van der Waals surface area (Å²) in [6.45, 7) is -0.225. The highest BCUT2D eigenvalue weighted by Gasteiger charge is 2.32. The summed E-state index contributed by atoms with van der Waals surface area (Å²) in [5, 5.41) is 8.34. The van der Waals surface area contributed by atoms with Gasteiger partial charge in [0, 0.05) is 6.61 Å². The third-order valence-electron chi connectivity index (χ3n) is 1.54. The topological polar surface area (TPSA) is 33.1 Å². The molecule has 78 valence electrons. The van der Waals surface area contributed by atoms with Gasteiger partial charge in [-0.25, -0.2) is 4.98 Å². The molecule has 14 heavy (non-hydrogen) atoms. The van der Waals surface area contributed by atoms with Crippen molar-refractivity contribution in [2.45, 2.75) is 12.6 Å². The van der Waals surface area contributed by atoms with Crippen molar-refractivity contribution in [2.24, 2.45) is 0 Å². The van der Waals surface area contributed by atoms with E-state index < -0.39 is 11.9 Å². The molecule has 0 aliphatic heterocycles. The molecular formula is C8H7ClF3NO. The second-order valence-corrected chi connectivity index (χ2v) is 3.04. The number of halogens is 4. The van der Waals surface area contributed by atoms with E-state index >= 15 is 0 Å². The number of aliphatic hydroxyl groups is 1. The first-order chi connectivity index (χ1) is 6.43. The number of hydrogen-bond acceptors (Lipinski definition) is 2. The zero-order chi connectivity index (χ0) is 10.8. The van der Waals surface area contributed by atoms with Crippen molar-refractivity contribution in [1.29, 1.82) is 0 Å². The number of aromatic nitrogens is 1. The van der Waals surface area contributed by atoms with Gasteiger partial charge in [0.2, 0.25) is 0 Å². The zero-order valence-corrected chi connectivity index (χ0v) is 7.73. The standard InChI is InChI=1S/C8H7ClF3NO/c9-7-4-5(1-2-14)3-6(13-7)8(10,11)12/h3-4,14H,1-2H2. The fraction of sp³-hybridized carbons (Fsp3) is 0.375. The van der Waals surface area contributed by atoms with Crippen LogP contribution in [0.1, 0.15) is 11.3 Å². The minimum Gasteiger partial charge on any atom is -0.396 e. The van der Waals surface area contributed by atoms with E-state index in [0.717, 1.165) is 6.07 Å². The Morgan fingerprint density at radius 2 is 2.00 bits per heavy atom. The van der Waals surface area contributed by atoms with Gasteiger partial charge in [-0.1, -0.05) is 11.6 Å². The van der Waals surface area contributed by atoms with E-state index in [1.807, 2.05) is 0 Å². The molecule has 1 aromatic heterocycles. The molecule has 0 spiro atoms.